The third kappa shape index (κ3) is 7.30. The molecule has 0 spiro atoms. The number of nitrogens with zero attached hydrogens (tertiary/aromatic N) is 2. The summed E-state index contributed by atoms with van der Waals surface area (Å²) >= 11 is 0. The second-order valence-corrected chi connectivity index (χ2v) is 29.6. The summed E-state index contributed by atoms with van der Waals surface area (Å²) in [5.74, 6) is 0. The fourth-order valence-electron chi connectivity index (χ4n) is 20.0. The summed E-state index contributed by atoms with van der Waals surface area (Å²) in [4.78, 5) is 2.56. The SMILES string of the molecule is CC1(C)c2cc(N(c3ccc4c(c3)C(c3ccccc3)(c3ccccc3)c3cc5c(cc3-4)C(c3ccccc3)(c3ccccc3)c3ccc4oc6ccccc6c4c3-5)c3ccc4c(c3)c3ccccc3n4-c3ccccc3)ccc2-c2c1c1c(c3c2oc2ccccc23)-c2ccccc2C1(C)C. The van der Waals surface area contributed by atoms with Crippen LogP contribution in [-0.2, 0) is 21.7 Å². The first-order chi connectivity index (χ1) is 50.1. The molecule has 15 aromatic carbocycles. The van der Waals surface area contributed by atoms with Gasteiger partial charge in [0.1, 0.15) is 22.3 Å². The number of anilines is 3. The van der Waals surface area contributed by atoms with Crippen molar-refractivity contribution in [1.82, 2.24) is 4.57 Å². The van der Waals surface area contributed by atoms with Crippen LogP contribution in [-0.4, -0.2) is 4.57 Å². The summed E-state index contributed by atoms with van der Waals surface area (Å²) in [5, 5.41) is 6.99. The van der Waals surface area contributed by atoms with Crippen molar-refractivity contribution in [3.8, 4) is 50.2 Å². The van der Waals surface area contributed by atoms with Gasteiger partial charge >= 0.3 is 0 Å². The van der Waals surface area contributed by atoms with Gasteiger partial charge in [-0.2, -0.15) is 0 Å². The normalized spacial score (nSPS) is 15.0. The molecule has 0 amide bonds. The zero-order chi connectivity index (χ0) is 67.5. The van der Waals surface area contributed by atoms with Crippen molar-refractivity contribution < 1.29 is 8.83 Å². The third-order valence-corrected chi connectivity index (χ3v) is 24.0. The van der Waals surface area contributed by atoms with Crippen LogP contribution in [0.2, 0.25) is 0 Å². The average Bonchev–Trinajstić information content (AvgIpc) is 1.51. The fourth-order valence-corrected chi connectivity index (χ4v) is 20.0. The van der Waals surface area contributed by atoms with E-state index in [4.69, 9.17) is 8.83 Å². The molecular weight excluding hydrogens is 1240 g/mol. The lowest BCUT2D eigenvalue weighted by Gasteiger charge is -2.36. The summed E-state index contributed by atoms with van der Waals surface area (Å²) < 4.78 is 16.6. The number of hydrogen-bond donors (Lipinski definition) is 0. The quantitative estimate of drug-likeness (QED) is 0.152. The molecule has 0 N–H and O–H groups in total. The standard InChI is InChI=1S/C98H66N2O2/c1-95(2)76-42-24-20-39-69(76)89-90-72-41-23-27-45-85(72)102-94(90)91-70-50-47-65(55-78(70)96(3,4)93(91)92(89)95)99(64-48-52-83-74(54-64)68-38-21-25-43-82(68)100(83)63-36-18-9-19-37-63)66-46-49-67-73-57-81-75(58-80(73)98(79(67)56-66,61-32-14-7-15-33-61)62-34-16-8-17-35-62)87-77(51-53-86-88(87)71-40-22-26-44-84(71)101-86)97(81,59-28-10-5-11-29-59)60-30-12-6-13-31-60/h5-58H,1-4H3. The van der Waals surface area contributed by atoms with Gasteiger partial charge < -0.3 is 18.3 Å². The molecular formula is C98H66N2O2. The maximum Gasteiger partial charge on any atom is 0.144 e. The predicted octanol–water partition coefficient (Wildman–Crippen LogP) is 25.4. The van der Waals surface area contributed by atoms with Crippen LogP contribution < -0.4 is 4.90 Å². The molecule has 0 bridgehead atoms. The number of hydrogen-bond acceptors (Lipinski definition) is 3. The Morgan fingerprint density at radius 2 is 0.735 bits per heavy atom. The number of fused-ring (bicyclic) bond motifs is 25. The summed E-state index contributed by atoms with van der Waals surface area (Å²) in [7, 11) is 0. The van der Waals surface area contributed by atoms with Gasteiger partial charge in [-0.25, -0.2) is 0 Å². The van der Waals surface area contributed by atoms with Crippen LogP contribution >= 0.6 is 0 Å². The minimum atomic E-state index is -0.807. The molecule has 4 nitrogen and oxygen atoms in total. The molecule has 0 unspecified atom stereocenters. The van der Waals surface area contributed by atoms with Crippen LogP contribution in [0.5, 0.6) is 0 Å². The molecule has 4 aliphatic carbocycles. The van der Waals surface area contributed by atoms with E-state index in [0.29, 0.717) is 0 Å². The van der Waals surface area contributed by atoms with E-state index in [2.05, 4.69) is 365 Å². The largest absolute Gasteiger partial charge is 0.456 e. The van der Waals surface area contributed by atoms with Crippen molar-refractivity contribution in [1.29, 1.82) is 0 Å². The van der Waals surface area contributed by atoms with E-state index in [0.717, 1.165) is 66.8 Å². The van der Waals surface area contributed by atoms with Gasteiger partial charge in [0.2, 0.25) is 0 Å². The average molecular weight is 1300 g/mol. The Labute approximate surface area is 591 Å². The van der Waals surface area contributed by atoms with Crippen LogP contribution in [0.4, 0.5) is 17.1 Å². The first-order valence-corrected chi connectivity index (χ1v) is 35.8. The lowest BCUT2D eigenvalue weighted by atomic mass is 9.66. The van der Waals surface area contributed by atoms with Crippen molar-refractivity contribution in [2.24, 2.45) is 0 Å². The van der Waals surface area contributed by atoms with Gasteiger partial charge in [-0.05, 0) is 197 Å². The molecule has 102 heavy (non-hydrogen) atoms. The molecule has 480 valence electrons. The Hall–Kier alpha value is -12.5. The molecule has 4 heteroatoms. The highest BCUT2D eigenvalue weighted by Gasteiger charge is 2.54. The summed E-state index contributed by atoms with van der Waals surface area (Å²) in [5.41, 5.74) is 33.1. The van der Waals surface area contributed by atoms with E-state index in [1.54, 1.807) is 0 Å². The van der Waals surface area contributed by atoms with Crippen LogP contribution in [0, 0.1) is 0 Å². The van der Waals surface area contributed by atoms with Crippen molar-refractivity contribution in [3.63, 3.8) is 0 Å². The van der Waals surface area contributed by atoms with E-state index in [1.807, 2.05) is 0 Å². The molecule has 3 heterocycles. The first kappa shape index (κ1) is 57.4. The highest BCUT2D eigenvalue weighted by Crippen LogP contribution is 2.67. The lowest BCUT2D eigenvalue weighted by molar-refractivity contribution is 0.600. The van der Waals surface area contributed by atoms with Gasteiger partial charge in [-0.15, -0.1) is 0 Å². The molecule has 0 aliphatic heterocycles. The van der Waals surface area contributed by atoms with Crippen molar-refractivity contribution in [3.05, 3.63) is 394 Å². The molecule has 4 aliphatic rings. The monoisotopic (exact) mass is 1300 g/mol. The lowest BCUT2D eigenvalue weighted by Crippen LogP contribution is -2.30. The fraction of sp³-hybridized carbons (Fsp3) is 0.0816. The number of furan rings is 2. The minimum absolute atomic E-state index is 0.287. The van der Waals surface area contributed by atoms with E-state index < -0.39 is 16.2 Å². The molecule has 3 aromatic heterocycles. The van der Waals surface area contributed by atoms with Gasteiger partial charge in [-0.3, -0.25) is 0 Å². The van der Waals surface area contributed by atoms with Gasteiger partial charge in [0.15, 0.2) is 0 Å². The zero-order valence-corrected chi connectivity index (χ0v) is 56.9. The van der Waals surface area contributed by atoms with Gasteiger partial charge in [0, 0.05) is 71.5 Å². The minimum Gasteiger partial charge on any atom is -0.456 e. The molecule has 22 rings (SSSR count). The Morgan fingerprint density at radius 1 is 0.275 bits per heavy atom. The Balaban J connectivity index is 0.832. The molecule has 0 atom stereocenters. The highest BCUT2D eigenvalue weighted by molar-refractivity contribution is 6.21. The van der Waals surface area contributed by atoms with Gasteiger partial charge in [0.05, 0.1) is 21.9 Å². The molecule has 0 radical (unpaired) electrons. The van der Waals surface area contributed by atoms with Crippen molar-refractivity contribution in [2.45, 2.75) is 49.4 Å². The van der Waals surface area contributed by atoms with Crippen LogP contribution in [0.1, 0.15) is 94.5 Å². The Bertz CT molecular complexity index is 6530. The molecule has 0 saturated heterocycles. The van der Waals surface area contributed by atoms with E-state index in [-0.39, 0.29) is 5.41 Å². The van der Waals surface area contributed by atoms with Gasteiger partial charge in [-0.1, -0.05) is 264 Å². The van der Waals surface area contributed by atoms with Crippen molar-refractivity contribution >= 4 is 82.7 Å². The first-order valence-electron chi connectivity index (χ1n) is 35.8. The van der Waals surface area contributed by atoms with Crippen LogP contribution in [0.25, 0.3) is 116 Å². The number of para-hydroxylation sites is 4. The Morgan fingerprint density at radius 3 is 1.40 bits per heavy atom. The zero-order valence-electron chi connectivity index (χ0n) is 56.9. The maximum atomic E-state index is 7.26. The smallest absolute Gasteiger partial charge is 0.144 e. The number of aromatic nitrogens is 1. The molecule has 0 saturated carbocycles. The van der Waals surface area contributed by atoms with E-state index >= 15 is 0 Å². The Kier molecular flexibility index (Phi) is 11.6. The number of benzene rings is 15. The summed E-state index contributed by atoms with van der Waals surface area (Å²) in [6.07, 6.45) is 0. The second-order valence-electron chi connectivity index (χ2n) is 29.6. The number of rotatable bonds is 8. The molecule has 18 aromatic rings. The predicted molar refractivity (Wildman–Crippen MR) is 420 cm³/mol. The summed E-state index contributed by atoms with van der Waals surface area (Å²) in [6, 6.07) is 123. The highest BCUT2D eigenvalue weighted by atomic mass is 16.3. The molecule has 0 fully saturated rings. The van der Waals surface area contributed by atoms with Crippen LogP contribution in [0.15, 0.2) is 336 Å². The topological polar surface area (TPSA) is 34.5 Å². The van der Waals surface area contributed by atoms with Crippen LogP contribution in [0.3, 0.4) is 0 Å². The maximum absolute atomic E-state index is 7.26. The second kappa shape index (κ2) is 20.6. The van der Waals surface area contributed by atoms with E-state index in [9.17, 15) is 0 Å². The van der Waals surface area contributed by atoms with Crippen molar-refractivity contribution in [2.75, 3.05) is 4.90 Å². The van der Waals surface area contributed by atoms with Gasteiger partial charge in [0.25, 0.3) is 0 Å². The van der Waals surface area contributed by atoms with E-state index in [1.165, 1.54) is 133 Å². The summed E-state index contributed by atoms with van der Waals surface area (Å²) in [6.45, 7) is 9.81. The third-order valence-electron chi connectivity index (χ3n) is 24.0.